The molecule has 0 spiro atoms. The molecule has 5 heteroatoms. The molecule has 21 heavy (non-hydrogen) atoms. The van der Waals surface area contributed by atoms with Gasteiger partial charge in [0.2, 0.25) is 0 Å². The second kappa shape index (κ2) is 10.5. The summed E-state index contributed by atoms with van der Waals surface area (Å²) < 4.78 is 10.5. The van der Waals surface area contributed by atoms with Crippen molar-refractivity contribution in [2.24, 2.45) is 0 Å². The lowest BCUT2D eigenvalue weighted by atomic mass is 10.1. The normalized spacial score (nSPS) is 10.3. The van der Waals surface area contributed by atoms with Crippen molar-refractivity contribution in [3.63, 3.8) is 0 Å². The van der Waals surface area contributed by atoms with Gasteiger partial charge in [-0.2, -0.15) is 4.79 Å². The van der Waals surface area contributed by atoms with Gasteiger partial charge in [-0.15, -0.1) is 0 Å². The van der Waals surface area contributed by atoms with Crippen LogP contribution in [0.5, 0.6) is 0 Å². The van der Waals surface area contributed by atoms with E-state index in [0.29, 0.717) is 13.2 Å². The van der Waals surface area contributed by atoms with Gasteiger partial charge >= 0.3 is 12.2 Å². The first-order valence-electron chi connectivity index (χ1n) is 6.91. The van der Waals surface area contributed by atoms with Gasteiger partial charge in [0.25, 0.3) is 0 Å². The average Bonchev–Trinajstić information content (AvgIpc) is 2.50. The van der Waals surface area contributed by atoms with Crippen LogP contribution in [0, 0.1) is 0 Å². The molecule has 0 aromatic heterocycles. The molecule has 0 saturated heterocycles. The minimum atomic E-state index is -0.685. The molecule has 0 heterocycles. The van der Waals surface area contributed by atoms with Crippen LogP contribution in [-0.2, 0) is 27.5 Å². The maximum atomic E-state index is 11.1. The third-order valence-corrected chi connectivity index (χ3v) is 2.75. The fourth-order valence-electron chi connectivity index (χ4n) is 1.66. The molecule has 0 aliphatic rings. The molecule has 112 valence electrons. The standard InChI is InChI=1S/C16H20N2O3/c1-2-3-4-7-10-20-12-14-8-5-6-9-15(14)13-21-16(19)11-18-17/h4-9,11H,2-3,10,12-13H2,1H3/b7-4-. The summed E-state index contributed by atoms with van der Waals surface area (Å²) in [5.41, 5.74) is 10.1. The van der Waals surface area contributed by atoms with Crippen molar-refractivity contribution in [1.82, 2.24) is 0 Å². The molecule has 1 aromatic carbocycles. The van der Waals surface area contributed by atoms with E-state index in [0.717, 1.165) is 30.2 Å². The third kappa shape index (κ3) is 7.20. The van der Waals surface area contributed by atoms with Crippen LogP contribution in [0.3, 0.4) is 0 Å². The van der Waals surface area contributed by atoms with Gasteiger partial charge in [-0.1, -0.05) is 49.8 Å². The van der Waals surface area contributed by atoms with E-state index in [-0.39, 0.29) is 6.61 Å². The van der Waals surface area contributed by atoms with Gasteiger partial charge in [0, 0.05) is 0 Å². The second-order valence-corrected chi connectivity index (χ2v) is 4.40. The number of ether oxygens (including phenoxy) is 2. The fourth-order valence-corrected chi connectivity index (χ4v) is 1.66. The highest BCUT2D eigenvalue weighted by atomic mass is 16.5. The number of rotatable bonds is 9. The van der Waals surface area contributed by atoms with Gasteiger partial charge in [-0.05, 0) is 17.5 Å². The Morgan fingerprint density at radius 1 is 1.24 bits per heavy atom. The number of unbranched alkanes of at least 4 members (excludes halogenated alkanes) is 1. The van der Waals surface area contributed by atoms with Crippen molar-refractivity contribution >= 4 is 12.2 Å². The van der Waals surface area contributed by atoms with E-state index in [1.807, 2.05) is 30.3 Å². The second-order valence-electron chi connectivity index (χ2n) is 4.40. The molecule has 0 saturated carbocycles. The molecule has 1 aromatic rings. The minimum Gasteiger partial charge on any atom is -0.452 e. The lowest BCUT2D eigenvalue weighted by Crippen LogP contribution is -2.08. The lowest BCUT2D eigenvalue weighted by molar-refractivity contribution is -0.140. The highest BCUT2D eigenvalue weighted by Gasteiger charge is 2.07. The predicted octanol–water partition coefficient (Wildman–Crippen LogP) is 2.90. The lowest BCUT2D eigenvalue weighted by Gasteiger charge is -2.08. The first-order chi connectivity index (χ1) is 10.3. The van der Waals surface area contributed by atoms with E-state index < -0.39 is 5.97 Å². The van der Waals surface area contributed by atoms with E-state index in [1.54, 1.807) is 0 Å². The molecule has 0 radical (unpaired) electrons. The number of esters is 1. The summed E-state index contributed by atoms with van der Waals surface area (Å²) in [6.45, 7) is 3.27. The number of allylic oxidation sites excluding steroid dienone is 1. The van der Waals surface area contributed by atoms with Gasteiger partial charge in [0.15, 0.2) is 0 Å². The van der Waals surface area contributed by atoms with Crippen LogP contribution in [0.25, 0.3) is 5.53 Å². The third-order valence-electron chi connectivity index (χ3n) is 2.75. The van der Waals surface area contributed by atoms with Crippen LogP contribution in [0.15, 0.2) is 36.4 Å². The quantitative estimate of drug-likeness (QED) is 0.175. The maximum absolute atomic E-state index is 11.1. The van der Waals surface area contributed by atoms with Crippen molar-refractivity contribution in [2.75, 3.05) is 6.61 Å². The smallest absolute Gasteiger partial charge is 0.413 e. The van der Waals surface area contributed by atoms with E-state index in [2.05, 4.69) is 17.8 Å². The topological polar surface area (TPSA) is 71.9 Å². The fraction of sp³-hybridized carbons (Fsp3) is 0.375. The molecular weight excluding hydrogens is 268 g/mol. The highest BCUT2D eigenvalue weighted by molar-refractivity contribution is 6.20. The van der Waals surface area contributed by atoms with Crippen LogP contribution in [0.4, 0.5) is 0 Å². The van der Waals surface area contributed by atoms with E-state index in [9.17, 15) is 4.79 Å². The number of nitrogens with zero attached hydrogens (tertiary/aromatic N) is 2. The SMILES string of the molecule is CCC/C=C\COCc1ccccc1COC(=O)C=[N+]=[N-]. The summed E-state index contributed by atoms with van der Waals surface area (Å²) >= 11 is 0. The Kier molecular flexibility index (Phi) is 8.45. The van der Waals surface area contributed by atoms with Crippen LogP contribution in [0.1, 0.15) is 30.9 Å². The predicted molar refractivity (Wildman–Crippen MR) is 79.6 cm³/mol. The molecule has 5 nitrogen and oxygen atoms in total. The Balaban J connectivity index is 2.47. The van der Waals surface area contributed by atoms with Crippen molar-refractivity contribution in [1.29, 1.82) is 0 Å². The molecular formula is C16H20N2O3. The Labute approximate surface area is 124 Å². The van der Waals surface area contributed by atoms with Gasteiger partial charge in [0.1, 0.15) is 6.61 Å². The monoisotopic (exact) mass is 288 g/mol. The Bertz CT molecular complexity index is 520. The van der Waals surface area contributed by atoms with Crippen LogP contribution < -0.4 is 0 Å². The number of hydrogen-bond acceptors (Lipinski definition) is 3. The molecule has 0 N–H and O–H groups in total. The van der Waals surface area contributed by atoms with Gasteiger partial charge in [-0.25, -0.2) is 4.79 Å². The van der Waals surface area contributed by atoms with Gasteiger partial charge in [0.05, 0.1) is 13.2 Å². The zero-order chi connectivity index (χ0) is 15.3. The molecule has 0 fully saturated rings. The molecule has 0 aliphatic carbocycles. The summed E-state index contributed by atoms with van der Waals surface area (Å²) in [4.78, 5) is 13.7. The molecule has 0 amide bonds. The van der Waals surface area contributed by atoms with E-state index in [4.69, 9.17) is 15.0 Å². The van der Waals surface area contributed by atoms with Crippen molar-refractivity contribution in [2.45, 2.75) is 33.0 Å². The first kappa shape index (κ1) is 16.8. The Hall–Kier alpha value is -2.23. The van der Waals surface area contributed by atoms with Gasteiger partial charge in [-0.3, -0.25) is 0 Å². The summed E-state index contributed by atoms with van der Waals surface area (Å²) in [5, 5.41) is 0. The van der Waals surface area contributed by atoms with Crippen molar-refractivity contribution < 1.29 is 19.1 Å². The summed E-state index contributed by atoms with van der Waals surface area (Å²) in [7, 11) is 0. The summed E-state index contributed by atoms with van der Waals surface area (Å²) in [6.07, 6.45) is 7.01. The molecule has 0 unspecified atom stereocenters. The first-order valence-corrected chi connectivity index (χ1v) is 6.91. The highest BCUT2D eigenvalue weighted by Crippen LogP contribution is 2.11. The summed E-state index contributed by atoms with van der Waals surface area (Å²) in [6, 6.07) is 7.58. The molecule has 1 rings (SSSR count). The maximum Gasteiger partial charge on any atom is 0.413 e. The zero-order valence-electron chi connectivity index (χ0n) is 12.2. The minimum absolute atomic E-state index is 0.121. The van der Waals surface area contributed by atoms with Crippen molar-refractivity contribution in [3.8, 4) is 0 Å². The van der Waals surface area contributed by atoms with Crippen LogP contribution in [0.2, 0.25) is 0 Å². The summed E-state index contributed by atoms with van der Waals surface area (Å²) in [5.74, 6) is -0.685. The molecule has 0 bridgehead atoms. The molecule has 0 atom stereocenters. The average molecular weight is 288 g/mol. The largest absolute Gasteiger partial charge is 0.452 e. The number of hydrogen-bond donors (Lipinski definition) is 0. The van der Waals surface area contributed by atoms with Gasteiger partial charge < -0.3 is 15.0 Å². The van der Waals surface area contributed by atoms with Crippen LogP contribution >= 0.6 is 0 Å². The van der Waals surface area contributed by atoms with E-state index >= 15 is 0 Å². The van der Waals surface area contributed by atoms with Crippen LogP contribution in [-0.4, -0.2) is 23.6 Å². The Morgan fingerprint density at radius 3 is 2.62 bits per heavy atom. The number of carbonyl (C=O) groups excluding carboxylic acids is 1. The van der Waals surface area contributed by atoms with Crippen molar-refractivity contribution in [3.05, 3.63) is 53.1 Å². The number of carbonyl (C=O) groups is 1. The zero-order valence-corrected chi connectivity index (χ0v) is 12.2. The number of benzene rings is 1. The Morgan fingerprint density at radius 2 is 1.95 bits per heavy atom. The van der Waals surface area contributed by atoms with E-state index in [1.165, 1.54) is 0 Å². The molecule has 0 aliphatic heterocycles.